The maximum absolute atomic E-state index is 14.2. The molecule has 2 fully saturated rings. The standard InChI is InChI=1S/C25H26N4O7/c1-4-35-19-8-5-17(6-9-19)28-23(31)25(22(30)26-24(28)32)12-16-11-18(29(33)34)7-10-20(16)27-13-14(2)36-15(3)21(25)27/h5-11,14-15,21H,4,12-13H2,1-3H3,(H,26,30,32)/t14-,15-,21-,25-/m1/s1. The van der Waals surface area contributed by atoms with Gasteiger partial charge in [0.15, 0.2) is 5.41 Å². The Morgan fingerprint density at radius 1 is 1.17 bits per heavy atom. The topological polar surface area (TPSA) is 131 Å². The van der Waals surface area contributed by atoms with Crippen molar-refractivity contribution in [3.8, 4) is 5.75 Å². The van der Waals surface area contributed by atoms with Gasteiger partial charge in [0.25, 0.3) is 11.6 Å². The lowest BCUT2D eigenvalue weighted by molar-refractivity contribution is -0.384. The Morgan fingerprint density at radius 3 is 2.56 bits per heavy atom. The molecule has 4 amide bonds. The number of imide groups is 2. The fourth-order valence-corrected chi connectivity index (χ4v) is 5.72. The maximum Gasteiger partial charge on any atom is 0.335 e. The number of carbonyl (C=O) groups excluding carboxylic acids is 3. The van der Waals surface area contributed by atoms with Gasteiger partial charge in [-0.05, 0) is 56.7 Å². The second-order valence-electron chi connectivity index (χ2n) is 9.29. The molecule has 0 aliphatic carbocycles. The van der Waals surface area contributed by atoms with Crippen molar-refractivity contribution in [2.45, 2.75) is 45.4 Å². The quantitative estimate of drug-likeness (QED) is 0.390. The number of carbonyl (C=O) groups is 3. The van der Waals surface area contributed by atoms with E-state index in [0.29, 0.717) is 30.2 Å². The van der Waals surface area contributed by atoms with Crippen LogP contribution in [-0.4, -0.2) is 54.2 Å². The molecule has 1 spiro atoms. The van der Waals surface area contributed by atoms with E-state index < -0.39 is 40.3 Å². The number of nitrogens with one attached hydrogen (secondary N) is 1. The van der Waals surface area contributed by atoms with E-state index in [0.717, 1.165) is 4.90 Å². The summed E-state index contributed by atoms with van der Waals surface area (Å²) in [6.45, 7) is 6.36. The summed E-state index contributed by atoms with van der Waals surface area (Å²) >= 11 is 0. The number of anilines is 2. The Balaban J connectivity index is 1.65. The normalized spacial score (nSPS) is 27.4. The smallest absolute Gasteiger partial charge is 0.335 e. The van der Waals surface area contributed by atoms with Crippen LogP contribution in [-0.2, 0) is 20.7 Å². The molecule has 0 radical (unpaired) electrons. The summed E-state index contributed by atoms with van der Waals surface area (Å²) in [5, 5.41) is 13.9. The zero-order chi connectivity index (χ0) is 25.8. The molecule has 36 heavy (non-hydrogen) atoms. The highest BCUT2D eigenvalue weighted by atomic mass is 16.6. The minimum Gasteiger partial charge on any atom is -0.494 e. The van der Waals surface area contributed by atoms with Gasteiger partial charge in [-0.2, -0.15) is 0 Å². The van der Waals surface area contributed by atoms with Gasteiger partial charge in [-0.3, -0.25) is 25.0 Å². The number of fused-ring (bicyclic) bond motifs is 4. The molecule has 5 rings (SSSR count). The Morgan fingerprint density at radius 2 is 1.89 bits per heavy atom. The molecule has 3 aliphatic heterocycles. The number of morpholine rings is 1. The minimum atomic E-state index is -1.74. The van der Waals surface area contributed by atoms with E-state index in [1.807, 2.05) is 18.7 Å². The Hall–Kier alpha value is -3.99. The molecule has 11 heteroatoms. The van der Waals surface area contributed by atoms with Crippen molar-refractivity contribution in [1.29, 1.82) is 0 Å². The SMILES string of the molecule is CCOc1ccc(N2C(=O)NC(=O)[C@]3(Cc4cc([N+](=O)[O-])ccc4N4C[C@@H](C)O[C@H](C)[C@@H]43)C2=O)cc1. The first-order valence-corrected chi connectivity index (χ1v) is 11.8. The highest BCUT2D eigenvalue weighted by Gasteiger charge is 2.65. The summed E-state index contributed by atoms with van der Waals surface area (Å²) in [7, 11) is 0. The number of hydrogen-bond acceptors (Lipinski definition) is 8. The number of nitrogens with zero attached hydrogens (tertiary/aromatic N) is 3. The molecule has 2 aromatic carbocycles. The summed E-state index contributed by atoms with van der Waals surface area (Å²) in [4.78, 5) is 54.6. The number of non-ortho nitro benzene ring substituents is 1. The molecule has 3 aliphatic rings. The molecule has 0 bridgehead atoms. The molecule has 3 heterocycles. The molecular formula is C25H26N4O7. The second kappa shape index (κ2) is 8.59. The first-order valence-electron chi connectivity index (χ1n) is 11.8. The second-order valence-corrected chi connectivity index (χ2v) is 9.29. The monoisotopic (exact) mass is 494 g/mol. The van der Waals surface area contributed by atoms with Crippen LogP contribution in [0.4, 0.5) is 21.9 Å². The zero-order valence-corrected chi connectivity index (χ0v) is 20.1. The van der Waals surface area contributed by atoms with Crippen molar-refractivity contribution in [2.75, 3.05) is 23.0 Å². The molecule has 11 nitrogen and oxygen atoms in total. The fourth-order valence-electron chi connectivity index (χ4n) is 5.72. The molecule has 0 unspecified atom stereocenters. The van der Waals surface area contributed by atoms with Gasteiger partial charge in [0, 0.05) is 30.8 Å². The Labute approximate surface area is 207 Å². The first-order chi connectivity index (χ1) is 17.2. The third kappa shape index (κ3) is 3.49. The summed E-state index contributed by atoms with van der Waals surface area (Å²) in [5.41, 5.74) is -0.398. The van der Waals surface area contributed by atoms with E-state index in [4.69, 9.17) is 9.47 Å². The van der Waals surface area contributed by atoms with Crippen LogP contribution in [0.5, 0.6) is 5.75 Å². The molecule has 4 atom stereocenters. The molecule has 0 aromatic heterocycles. The third-order valence-corrected chi connectivity index (χ3v) is 7.06. The molecule has 188 valence electrons. The number of benzene rings is 2. The van der Waals surface area contributed by atoms with Crippen molar-refractivity contribution in [2.24, 2.45) is 5.41 Å². The summed E-state index contributed by atoms with van der Waals surface area (Å²) in [5.74, 6) is -0.861. The van der Waals surface area contributed by atoms with Crippen LogP contribution < -0.4 is 19.9 Å². The van der Waals surface area contributed by atoms with Crippen LogP contribution in [0, 0.1) is 15.5 Å². The molecule has 2 aromatic rings. The van der Waals surface area contributed by atoms with Crippen molar-refractivity contribution in [3.63, 3.8) is 0 Å². The Kier molecular flexibility index (Phi) is 5.67. The number of ether oxygens (including phenoxy) is 2. The highest BCUT2D eigenvalue weighted by molar-refractivity contribution is 6.30. The number of rotatable bonds is 4. The molecular weight excluding hydrogens is 468 g/mol. The number of hydrogen-bond donors (Lipinski definition) is 1. The van der Waals surface area contributed by atoms with Gasteiger partial charge >= 0.3 is 6.03 Å². The average Bonchev–Trinajstić information content (AvgIpc) is 2.83. The van der Waals surface area contributed by atoms with Gasteiger partial charge in [0.05, 0.1) is 35.5 Å². The average molecular weight is 495 g/mol. The van der Waals surface area contributed by atoms with Gasteiger partial charge in [-0.25, -0.2) is 9.69 Å². The van der Waals surface area contributed by atoms with Crippen LogP contribution in [0.3, 0.4) is 0 Å². The lowest BCUT2D eigenvalue weighted by atomic mass is 9.66. The number of urea groups is 1. The predicted molar refractivity (Wildman–Crippen MR) is 129 cm³/mol. The van der Waals surface area contributed by atoms with Crippen molar-refractivity contribution < 1.29 is 28.8 Å². The number of amides is 4. The number of nitro groups is 1. The van der Waals surface area contributed by atoms with Gasteiger partial charge in [-0.15, -0.1) is 0 Å². The van der Waals surface area contributed by atoms with Gasteiger partial charge in [0.2, 0.25) is 5.91 Å². The lowest BCUT2D eigenvalue weighted by Gasteiger charge is -2.56. The van der Waals surface area contributed by atoms with Crippen LogP contribution in [0.1, 0.15) is 26.3 Å². The highest BCUT2D eigenvalue weighted by Crippen LogP contribution is 2.49. The van der Waals surface area contributed by atoms with Crippen LogP contribution in [0.15, 0.2) is 42.5 Å². The van der Waals surface area contributed by atoms with Crippen LogP contribution in [0.2, 0.25) is 0 Å². The van der Waals surface area contributed by atoms with E-state index in [2.05, 4.69) is 5.32 Å². The number of barbiturate groups is 1. The van der Waals surface area contributed by atoms with Crippen LogP contribution >= 0.6 is 0 Å². The molecule has 2 saturated heterocycles. The van der Waals surface area contributed by atoms with Crippen molar-refractivity contribution >= 4 is 34.9 Å². The van der Waals surface area contributed by atoms with E-state index in [-0.39, 0.29) is 23.9 Å². The van der Waals surface area contributed by atoms with Gasteiger partial charge in [0.1, 0.15) is 5.75 Å². The van der Waals surface area contributed by atoms with Crippen molar-refractivity contribution in [1.82, 2.24) is 5.32 Å². The summed E-state index contributed by atoms with van der Waals surface area (Å²) in [6, 6.07) is 9.32. The van der Waals surface area contributed by atoms with Crippen LogP contribution in [0.25, 0.3) is 0 Å². The van der Waals surface area contributed by atoms with Gasteiger partial charge < -0.3 is 14.4 Å². The summed E-state index contributed by atoms with van der Waals surface area (Å²) < 4.78 is 11.5. The van der Waals surface area contributed by atoms with Crippen molar-refractivity contribution in [3.05, 3.63) is 58.1 Å². The zero-order valence-electron chi connectivity index (χ0n) is 20.1. The first kappa shape index (κ1) is 23.7. The van der Waals surface area contributed by atoms with E-state index in [1.165, 1.54) is 12.1 Å². The van der Waals surface area contributed by atoms with E-state index in [9.17, 15) is 24.5 Å². The summed E-state index contributed by atoms with van der Waals surface area (Å²) in [6.07, 6.45) is -0.860. The van der Waals surface area contributed by atoms with E-state index in [1.54, 1.807) is 37.3 Å². The maximum atomic E-state index is 14.2. The largest absolute Gasteiger partial charge is 0.494 e. The van der Waals surface area contributed by atoms with E-state index >= 15 is 0 Å². The molecule has 0 saturated carbocycles. The van der Waals surface area contributed by atoms with Gasteiger partial charge in [-0.1, -0.05) is 0 Å². The predicted octanol–water partition coefficient (Wildman–Crippen LogP) is 2.80. The minimum absolute atomic E-state index is 0.112. The lowest BCUT2D eigenvalue weighted by Crippen LogP contribution is -2.76. The molecule has 1 N–H and O–H groups in total. The Bertz CT molecular complexity index is 1260. The third-order valence-electron chi connectivity index (χ3n) is 7.06. The fraction of sp³-hybridized carbons (Fsp3) is 0.400. The number of nitro benzene ring substituents is 1.